The third-order valence-corrected chi connectivity index (χ3v) is 3.29. The average Bonchev–Trinajstić information content (AvgIpc) is 3.18. The number of carbonyl (C=O) groups excluding carboxylic acids is 1. The lowest BCUT2D eigenvalue weighted by Crippen LogP contribution is -2.21. The molecule has 0 aliphatic heterocycles. The van der Waals surface area contributed by atoms with Crippen molar-refractivity contribution in [3.05, 3.63) is 28.7 Å². The van der Waals surface area contributed by atoms with E-state index < -0.39 is 0 Å². The van der Waals surface area contributed by atoms with E-state index in [1.165, 1.54) is 11.0 Å². The van der Waals surface area contributed by atoms with Crippen LogP contribution in [0.15, 0.2) is 23.2 Å². The monoisotopic (exact) mass is 291 g/mol. The molecule has 3 heterocycles. The van der Waals surface area contributed by atoms with Crippen molar-refractivity contribution >= 4 is 23.2 Å². The van der Waals surface area contributed by atoms with E-state index in [1.54, 1.807) is 11.3 Å². The van der Waals surface area contributed by atoms with Crippen LogP contribution in [0.4, 0.5) is 5.95 Å². The molecule has 0 saturated carbocycles. The van der Waals surface area contributed by atoms with Crippen LogP contribution in [-0.4, -0.2) is 46.7 Å². The summed E-state index contributed by atoms with van der Waals surface area (Å²) in [6.07, 6.45) is 1.64. The first-order chi connectivity index (χ1) is 9.83. The second-order valence-electron chi connectivity index (χ2n) is 3.85. The number of hydrogen-bond acceptors (Lipinski definition) is 8. The number of anilines is 1. The first kappa shape index (κ1) is 12.3. The molecule has 0 aliphatic carbocycles. The van der Waals surface area contributed by atoms with E-state index in [9.17, 15) is 4.79 Å². The fraction of sp³-hybridized carbons (Fsp3) is 0.222. The Bertz CT molecular complexity index is 613. The number of aromatic amines is 1. The van der Waals surface area contributed by atoms with E-state index in [1.807, 2.05) is 16.8 Å². The molecule has 0 unspecified atom stereocenters. The highest BCUT2D eigenvalue weighted by molar-refractivity contribution is 7.07. The summed E-state index contributed by atoms with van der Waals surface area (Å²) in [4.78, 5) is 12.0. The van der Waals surface area contributed by atoms with Gasteiger partial charge in [-0.3, -0.25) is 10.1 Å². The quantitative estimate of drug-likeness (QED) is 0.670. The van der Waals surface area contributed by atoms with Crippen LogP contribution in [0.1, 0.15) is 18.0 Å². The Kier molecular flexibility index (Phi) is 3.41. The molecule has 20 heavy (non-hydrogen) atoms. The third-order valence-electron chi connectivity index (χ3n) is 2.59. The smallest absolute Gasteiger partial charge is 0.269 e. The summed E-state index contributed by atoms with van der Waals surface area (Å²) in [6.45, 7) is 0. The molecule has 3 aromatic rings. The highest BCUT2D eigenvalue weighted by atomic mass is 32.1. The average molecular weight is 291 g/mol. The molecule has 11 heteroatoms. The number of nitrogens with zero attached hydrogens (tertiary/aromatic N) is 7. The zero-order valence-electron chi connectivity index (χ0n) is 10.0. The molecule has 3 rings (SSSR count). The Hall–Kier alpha value is -2.69. The lowest BCUT2D eigenvalue weighted by atomic mass is 10.1. The van der Waals surface area contributed by atoms with Gasteiger partial charge in [0.05, 0.1) is 12.5 Å². The lowest BCUT2D eigenvalue weighted by molar-refractivity contribution is -0.116. The standard InChI is InChI=1S/C9H9N9OS/c19-8(11-9-12-15-16-13-9)3-7(6-1-2-20-4-6)18-5-10-14-17-18/h1-2,4-5,7H,3H2,(H2,11,12,13,15,16,19)/t7-/m1/s1. The summed E-state index contributed by atoms with van der Waals surface area (Å²) in [7, 11) is 0. The Labute approximate surface area is 116 Å². The minimum atomic E-state index is -0.275. The molecule has 10 nitrogen and oxygen atoms in total. The van der Waals surface area contributed by atoms with Gasteiger partial charge in [0, 0.05) is 0 Å². The molecule has 0 aliphatic rings. The van der Waals surface area contributed by atoms with Crippen LogP contribution in [0.25, 0.3) is 0 Å². The van der Waals surface area contributed by atoms with Crippen LogP contribution < -0.4 is 5.32 Å². The molecule has 0 bridgehead atoms. The predicted molar refractivity (Wildman–Crippen MR) is 67.7 cm³/mol. The zero-order valence-corrected chi connectivity index (χ0v) is 10.9. The van der Waals surface area contributed by atoms with E-state index in [0.717, 1.165) is 5.56 Å². The Morgan fingerprint density at radius 1 is 1.55 bits per heavy atom. The third kappa shape index (κ3) is 2.66. The van der Waals surface area contributed by atoms with E-state index in [-0.39, 0.29) is 24.3 Å². The van der Waals surface area contributed by atoms with Crippen molar-refractivity contribution in [2.24, 2.45) is 0 Å². The number of H-pyrrole nitrogens is 1. The molecular formula is C9H9N9OS. The number of thiophene rings is 1. The van der Waals surface area contributed by atoms with Gasteiger partial charge in [-0.15, -0.1) is 10.2 Å². The van der Waals surface area contributed by atoms with Crippen LogP contribution >= 0.6 is 11.3 Å². The molecule has 0 spiro atoms. The number of tetrazole rings is 2. The summed E-state index contributed by atoms with van der Waals surface area (Å²) >= 11 is 1.54. The van der Waals surface area contributed by atoms with Gasteiger partial charge in [0.25, 0.3) is 5.95 Å². The first-order valence-electron chi connectivity index (χ1n) is 5.61. The van der Waals surface area contributed by atoms with E-state index >= 15 is 0 Å². The molecule has 0 saturated heterocycles. The molecule has 0 fully saturated rings. The van der Waals surface area contributed by atoms with Gasteiger partial charge in [-0.25, -0.2) is 4.68 Å². The number of aromatic nitrogens is 8. The fourth-order valence-electron chi connectivity index (χ4n) is 1.71. The van der Waals surface area contributed by atoms with Gasteiger partial charge in [0.15, 0.2) is 0 Å². The zero-order chi connectivity index (χ0) is 13.8. The Balaban J connectivity index is 1.75. The number of nitrogens with one attached hydrogen (secondary N) is 2. The number of carbonyl (C=O) groups is 1. The number of amides is 1. The van der Waals surface area contributed by atoms with E-state index in [0.29, 0.717) is 0 Å². The number of rotatable bonds is 5. The summed E-state index contributed by atoms with van der Waals surface area (Å²) in [5.74, 6) is -0.117. The van der Waals surface area contributed by atoms with Gasteiger partial charge < -0.3 is 0 Å². The minimum Gasteiger partial charge on any atom is -0.292 e. The van der Waals surface area contributed by atoms with Crippen LogP contribution in [0, 0.1) is 0 Å². The van der Waals surface area contributed by atoms with E-state index in [4.69, 9.17) is 0 Å². The molecule has 3 aromatic heterocycles. The molecule has 0 radical (unpaired) electrons. The van der Waals surface area contributed by atoms with Gasteiger partial charge in [-0.05, 0) is 38.0 Å². The predicted octanol–water partition coefficient (Wildman–Crippen LogP) is -0.134. The summed E-state index contributed by atoms with van der Waals surface area (Å²) in [6, 6.07) is 1.65. The second kappa shape index (κ2) is 5.52. The molecule has 102 valence electrons. The number of hydrogen-bond donors (Lipinski definition) is 2. The van der Waals surface area contributed by atoms with Crippen molar-refractivity contribution in [1.29, 1.82) is 0 Å². The Morgan fingerprint density at radius 2 is 2.50 bits per heavy atom. The molecule has 0 aromatic carbocycles. The normalized spacial score (nSPS) is 12.2. The van der Waals surface area contributed by atoms with E-state index in [2.05, 4.69) is 41.5 Å². The largest absolute Gasteiger partial charge is 0.292 e. The maximum absolute atomic E-state index is 12.0. The van der Waals surface area contributed by atoms with Crippen molar-refractivity contribution in [3.63, 3.8) is 0 Å². The van der Waals surface area contributed by atoms with Gasteiger partial charge in [-0.2, -0.15) is 16.6 Å². The molecule has 2 N–H and O–H groups in total. The van der Waals surface area contributed by atoms with Crippen molar-refractivity contribution in [2.45, 2.75) is 12.5 Å². The van der Waals surface area contributed by atoms with Gasteiger partial charge in [0.1, 0.15) is 6.33 Å². The SMILES string of the molecule is O=C(C[C@H](c1ccsc1)n1cnnn1)Nc1nn[nH]n1. The fourth-order valence-corrected chi connectivity index (χ4v) is 2.41. The summed E-state index contributed by atoms with van der Waals surface area (Å²) < 4.78 is 1.54. The van der Waals surface area contributed by atoms with Crippen LogP contribution in [-0.2, 0) is 4.79 Å². The Morgan fingerprint density at radius 3 is 3.15 bits per heavy atom. The maximum Gasteiger partial charge on any atom is 0.269 e. The first-order valence-corrected chi connectivity index (χ1v) is 6.55. The summed E-state index contributed by atoms with van der Waals surface area (Å²) in [5.41, 5.74) is 0.963. The molecule has 1 amide bonds. The van der Waals surface area contributed by atoms with Gasteiger partial charge >= 0.3 is 0 Å². The van der Waals surface area contributed by atoms with Crippen LogP contribution in [0.3, 0.4) is 0 Å². The highest BCUT2D eigenvalue weighted by Crippen LogP contribution is 2.23. The van der Waals surface area contributed by atoms with Gasteiger partial charge in [-0.1, -0.05) is 5.10 Å². The second-order valence-corrected chi connectivity index (χ2v) is 4.63. The maximum atomic E-state index is 12.0. The van der Waals surface area contributed by atoms with Gasteiger partial charge in [0.2, 0.25) is 5.91 Å². The topological polar surface area (TPSA) is 127 Å². The van der Waals surface area contributed by atoms with Crippen molar-refractivity contribution in [1.82, 2.24) is 40.8 Å². The van der Waals surface area contributed by atoms with Crippen molar-refractivity contribution < 1.29 is 4.79 Å². The highest BCUT2D eigenvalue weighted by Gasteiger charge is 2.20. The minimum absolute atomic E-state index is 0.135. The van der Waals surface area contributed by atoms with Crippen molar-refractivity contribution in [2.75, 3.05) is 5.32 Å². The molecular weight excluding hydrogens is 282 g/mol. The summed E-state index contributed by atoms with van der Waals surface area (Å²) in [5, 5.41) is 30.4. The van der Waals surface area contributed by atoms with Crippen molar-refractivity contribution in [3.8, 4) is 0 Å². The molecule has 1 atom stereocenters. The van der Waals surface area contributed by atoms with Crippen LogP contribution in [0.2, 0.25) is 0 Å². The lowest BCUT2D eigenvalue weighted by Gasteiger charge is -2.14. The van der Waals surface area contributed by atoms with Crippen LogP contribution in [0.5, 0.6) is 0 Å².